The van der Waals surface area contributed by atoms with Crippen LogP contribution in [0.2, 0.25) is 0 Å². The number of carbonyl (C=O) groups is 2. The summed E-state index contributed by atoms with van der Waals surface area (Å²) in [5.41, 5.74) is 3.38. The molecule has 0 aliphatic rings. The van der Waals surface area contributed by atoms with Crippen molar-refractivity contribution in [1.82, 2.24) is 10.7 Å². The largest absolute Gasteiger partial charge is 0.493 e. The third kappa shape index (κ3) is 7.05. The molecule has 0 saturated heterocycles. The maximum Gasteiger partial charge on any atom is 0.262 e. The van der Waals surface area contributed by atoms with Gasteiger partial charge in [0, 0.05) is 5.56 Å². The van der Waals surface area contributed by atoms with Gasteiger partial charge in [-0.25, -0.2) is 9.82 Å². The molecule has 172 valence electrons. The Balaban J connectivity index is 2.08. The van der Waals surface area contributed by atoms with Crippen molar-refractivity contribution in [3.05, 3.63) is 57.8 Å². The van der Waals surface area contributed by atoms with Gasteiger partial charge >= 0.3 is 0 Å². The molecule has 0 spiro atoms. The van der Waals surface area contributed by atoms with Crippen molar-refractivity contribution in [2.45, 2.75) is 39.8 Å². The second kappa shape index (κ2) is 11.6. The molecule has 2 amide bonds. The van der Waals surface area contributed by atoms with Crippen molar-refractivity contribution in [3.63, 3.8) is 0 Å². The van der Waals surface area contributed by atoms with Gasteiger partial charge in [0.2, 0.25) is 0 Å². The Hall–Kier alpha value is -2.94. The van der Waals surface area contributed by atoms with Crippen LogP contribution in [-0.2, 0) is 4.79 Å². The minimum absolute atomic E-state index is 0.0305. The Labute approximate surface area is 195 Å². The highest BCUT2D eigenvalue weighted by Crippen LogP contribution is 2.36. The summed E-state index contributed by atoms with van der Waals surface area (Å²) in [5, 5.41) is 6.66. The van der Waals surface area contributed by atoms with E-state index >= 15 is 0 Å². The lowest BCUT2D eigenvalue weighted by atomic mass is 10.0. The molecule has 0 aliphatic carbocycles. The molecule has 7 nitrogen and oxygen atoms in total. The van der Waals surface area contributed by atoms with Crippen LogP contribution >= 0.6 is 15.9 Å². The zero-order valence-corrected chi connectivity index (χ0v) is 20.2. The Morgan fingerprint density at radius 2 is 1.78 bits per heavy atom. The lowest BCUT2D eigenvalue weighted by Crippen LogP contribution is -2.48. The summed E-state index contributed by atoms with van der Waals surface area (Å²) in [4.78, 5) is 25.0. The molecule has 2 aromatic carbocycles. The van der Waals surface area contributed by atoms with Gasteiger partial charge < -0.3 is 14.8 Å². The fourth-order valence-corrected chi connectivity index (χ4v) is 3.32. The van der Waals surface area contributed by atoms with E-state index in [1.165, 1.54) is 37.6 Å². The van der Waals surface area contributed by atoms with Gasteiger partial charge in [-0.3, -0.25) is 9.59 Å². The number of carbonyl (C=O) groups excluding carboxylic acids is 2. The number of benzene rings is 2. The van der Waals surface area contributed by atoms with Gasteiger partial charge in [-0.2, -0.15) is 5.10 Å². The van der Waals surface area contributed by atoms with Crippen molar-refractivity contribution in [1.29, 1.82) is 0 Å². The van der Waals surface area contributed by atoms with Crippen LogP contribution in [0.1, 0.15) is 43.6 Å². The summed E-state index contributed by atoms with van der Waals surface area (Å²) in [5.74, 6) is -0.494. The maximum absolute atomic E-state index is 13.1. The number of nitrogens with one attached hydrogen (secondary N) is 2. The van der Waals surface area contributed by atoms with E-state index < -0.39 is 23.7 Å². The summed E-state index contributed by atoms with van der Waals surface area (Å²) in [6.45, 7) is 7.43. The van der Waals surface area contributed by atoms with Gasteiger partial charge in [0.25, 0.3) is 11.8 Å². The normalized spacial score (nSPS) is 12.2. The van der Waals surface area contributed by atoms with Crippen molar-refractivity contribution < 1.29 is 23.5 Å². The van der Waals surface area contributed by atoms with Crippen LogP contribution in [0.25, 0.3) is 0 Å². The van der Waals surface area contributed by atoms with E-state index in [-0.39, 0.29) is 17.6 Å². The van der Waals surface area contributed by atoms with Crippen molar-refractivity contribution >= 4 is 34.0 Å². The SMILES string of the molecule is COc1cc(/C=N/NC(=O)C(NC(=O)c2ccc(F)cc2)C(C)C)cc(Br)c1OC(C)C. The first-order chi connectivity index (χ1) is 15.1. The highest BCUT2D eigenvalue weighted by molar-refractivity contribution is 9.10. The average Bonchev–Trinajstić information content (AvgIpc) is 2.73. The Kier molecular flexibility index (Phi) is 9.19. The van der Waals surface area contributed by atoms with E-state index in [0.29, 0.717) is 21.5 Å². The lowest BCUT2D eigenvalue weighted by molar-refractivity contribution is -0.123. The summed E-state index contributed by atoms with van der Waals surface area (Å²) < 4.78 is 24.9. The topological polar surface area (TPSA) is 89.0 Å². The predicted molar refractivity (Wildman–Crippen MR) is 125 cm³/mol. The van der Waals surface area contributed by atoms with Gasteiger partial charge in [-0.15, -0.1) is 0 Å². The van der Waals surface area contributed by atoms with E-state index in [9.17, 15) is 14.0 Å². The molecule has 0 heterocycles. The molecule has 0 aromatic heterocycles. The van der Waals surface area contributed by atoms with Crippen LogP contribution in [0.3, 0.4) is 0 Å². The van der Waals surface area contributed by atoms with Crippen LogP contribution in [0, 0.1) is 11.7 Å². The van der Waals surface area contributed by atoms with E-state index in [1.54, 1.807) is 26.0 Å². The summed E-state index contributed by atoms with van der Waals surface area (Å²) >= 11 is 3.46. The van der Waals surface area contributed by atoms with E-state index in [0.717, 1.165) is 0 Å². The Morgan fingerprint density at radius 3 is 2.34 bits per heavy atom. The first-order valence-electron chi connectivity index (χ1n) is 10.1. The van der Waals surface area contributed by atoms with Crippen LogP contribution in [-0.4, -0.2) is 37.3 Å². The van der Waals surface area contributed by atoms with Gasteiger partial charge in [-0.1, -0.05) is 13.8 Å². The van der Waals surface area contributed by atoms with Gasteiger partial charge in [0.15, 0.2) is 11.5 Å². The number of hydrazone groups is 1. The smallest absolute Gasteiger partial charge is 0.262 e. The van der Waals surface area contributed by atoms with E-state index in [4.69, 9.17) is 9.47 Å². The fraction of sp³-hybridized carbons (Fsp3) is 0.348. The Morgan fingerprint density at radius 1 is 1.12 bits per heavy atom. The molecule has 1 atom stereocenters. The molecule has 0 aliphatic heterocycles. The zero-order valence-electron chi connectivity index (χ0n) is 18.6. The molecule has 9 heteroatoms. The predicted octanol–water partition coefficient (Wildman–Crippen LogP) is 4.29. The Bertz CT molecular complexity index is 978. The number of ether oxygens (including phenoxy) is 2. The average molecular weight is 508 g/mol. The number of halogens is 2. The maximum atomic E-state index is 13.1. The molecule has 0 fully saturated rings. The highest BCUT2D eigenvalue weighted by atomic mass is 79.9. The number of nitrogens with zero attached hydrogens (tertiary/aromatic N) is 1. The van der Waals surface area contributed by atoms with Crippen LogP contribution in [0.5, 0.6) is 11.5 Å². The van der Waals surface area contributed by atoms with Crippen molar-refractivity contribution in [2.75, 3.05) is 7.11 Å². The van der Waals surface area contributed by atoms with E-state index in [1.807, 2.05) is 13.8 Å². The quantitative estimate of drug-likeness (QED) is 0.391. The monoisotopic (exact) mass is 507 g/mol. The molecule has 0 bridgehead atoms. The number of amides is 2. The van der Waals surface area contributed by atoms with Crippen LogP contribution < -0.4 is 20.2 Å². The number of rotatable bonds is 9. The third-order valence-corrected chi connectivity index (χ3v) is 4.92. The lowest BCUT2D eigenvalue weighted by Gasteiger charge is -2.20. The minimum atomic E-state index is -0.826. The first-order valence-corrected chi connectivity index (χ1v) is 10.8. The number of hydrogen-bond donors (Lipinski definition) is 2. The molecular weight excluding hydrogens is 481 g/mol. The second-order valence-corrected chi connectivity index (χ2v) is 8.49. The molecular formula is C23H27BrFN3O4. The van der Waals surface area contributed by atoms with Crippen molar-refractivity contribution in [2.24, 2.45) is 11.0 Å². The van der Waals surface area contributed by atoms with Gasteiger partial charge in [0.05, 0.1) is 23.9 Å². The molecule has 2 rings (SSSR count). The number of hydrogen-bond acceptors (Lipinski definition) is 5. The third-order valence-electron chi connectivity index (χ3n) is 4.34. The summed E-state index contributed by atoms with van der Waals surface area (Å²) in [6, 6.07) is 7.78. The second-order valence-electron chi connectivity index (χ2n) is 7.64. The van der Waals surface area contributed by atoms with Crippen LogP contribution in [0.4, 0.5) is 4.39 Å². The molecule has 1 unspecified atom stereocenters. The van der Waals surface area contributed by atoms with Crippen LogP contribution in [0.15, 0.2) is 46.0 Å². The molecule has 0 saturated carbocycles. The van der Waals surface area contributed by atoms with E-state index in [2.05, 4.69) is 31.8 Å². The molecule has 32 heavy (non-hydrogen) atoms. The summed E-state index contributed by atoms with van der Waals surface area (Å²) in [6.07, 6.45) is 1.43. The minimum Gasteiger partial charge on any atom is -0.493 e. The van der Waals surface area contributed by atoms with Gasteiger partial charge in [0.1, 0.15) is 11.9 Å². The standard InChI is InChI=1S/C23H27BrFN3O4/c1-13(2)20(27-22(29)16-6-8-17(25)9-7-16)23(30)28-26-12-15-10-18(24)21(32-14(3)4)19(11-15)31-5/h6-14,20H,1-5H3,(H,27,29)(H,28,30)/b26-12+. The highest BCUT2D eigenvalue weighted by Gasteiger charge is 2.24. The molecule has 2 aromatic rings. The number of methoxy groups -OCH3 is 1. The first kappa shape index (κ1) is 25.3. The molecule has 0 radical (unpaired) electrons. The zero-order chi connectivity index (χ0) is 23.8. The van der Waals surface area contributed by atoms with Gasteiger partial charge in [-0.05, 0) is 77.7 Å². The fourth-order valence-electron chi connectivity index (χ4n) is 2.77. The van der Waals surface area contributed by atoms with Crippen molar-refractivity contribution in [3.8, 4) is 11.5 Å². The summed E-state index contributed by atoms with van der Waals surface area (Å²) in [7, 11) is 1.54. The molecule has 2 N–H and O–H groups in total.